The molecule has 0 saturated carbocycles. The molecule has 20 heavy (non-hydrogen) atoms. The third-order valence-electron chi connectivity index (χ3n) is 2.67. The van der Waals surface area contributed by atoms with Crippen molar-refractivity contribution >= 4 is 43.2 Å². The Morgan fingerprint density at radius 3 is 2.60 bits per heavy atom. The van der Waals surface area contributed by atoms with Crippen LogP contribution in [0.5, 0.6) is 5.75 Å². The molecule has 2 rings (SSSR count). The predicted octanol–water partition coefficient (Wildman–Crippen LogP) is 4.44. The quantitative estimate of drug-likeness (QED) is 0.586. The Kier molecular flexibility index (Phi) is 4.61. The molecule has 0 saturated heterocycles. The smallest absolute Gasteiger partial charge is 0.270 e. The van der Waals surface area contributed by atoms with Crippen LogP contribution >= 0.6 is 31.9 Å². The summed E-state index contributed by atoms with van der Waals surface area (Å²) < 4.78 is 1.47. The number of nitro benzene ring substituents is 1. The fourth-order valence-electron chi connectivity index (χ4n) is 1.65. The van der Waals surface area contributed by atoms with E-state index in [1.165, 1.54) is 12.1 Å². The molecule has 2 aromatic rings. The second-order valence-electron chi connectivity index (χ2n) is 4.05. The molecule has 0 aliphatic carbocycles. The van der Waals surface area contributed by atoms with E-state index in [0.29, 0.717) is 11.0 Å². The zero-order valence-electron chi connectivity index (χ0n) is 10.1. The molecular weight excluding hydrogens is 392 g/mol. The van der Waals surface area contributed by atoms with Crippen LogP contribution in [0.15, 0.2) is 45.3 Å². The van der Waals surface area contributed by atoms with E-state index in [-0.39, 0.29) is 11.4 Å². The first kappa shape index (κ1) is 14.8. The minimum atomic E-state index is -0.450. The highest BCUT2D eigenvalue weighted by molar-refractivity contribution is 9.10. The van der Waals surface area contributed by atoms with Gasteiger partial charge in [0.2, 0.25) is 0 Å². The van der Waals surface area contributed by atoms with E-state index in [1.54, 1.807) is 18.2 Å². The van der Waals surface area contributed by atoms with E-state index < -0.39 is 4.92 Å². The summed E-state index contributed by atoms with van der Waals surface area (Å²) in [6, 6.07) is 9.64. The van der Waals surface area contributed by atoms with Crippen LogP contribution in [-0.4, -0.2) is 10.0 Å². The molecule has 0 aromatic heterocycles. The maximum Gasteiger partial charge on any atom is 0.270 e. The van der Waals surface area contributed by atoms with Crippen molar-refractivity contribution < 1.29 is 10.0 Å². The van der Waals surface area contributed by atoms with Gasteiger partial charge in [-0.15, -0.1) is 0 Å². The molecule has 0 heterocycles. The number of rotatable bonds is 4. The van der Waals surface area contributed by atoms with Crippen LogP contribution in [0.1, 0.15) is 5.56 Å². The van der Waals surface area contributed by atoms with Gasteiger partial charge in [0.1, 0.15) is 5.75 Å². The maximum atomic E-state index is 10.7. The van der Waals surface area contributed by atoms with E-state index in [0.717, 1.165) is 15.7 Å². The highest BCUT2D eigenvalue weighted by atomic mass is 79.9. The van der Waals surface area contributed by atoms with Gasteiger partial charge < -0.3 is 10.4 Å². The van der Waals surface area contributed by atoms with Gasteiger partial charge in [-0.2, -0.15) is 0 Å². The monoisotopic (exact) mass is 400 g/mol. The standard InChI is InChI=1S/C13H10Br2N2O3/c14-9-1-4-13(18)8(5-9)7-16-12-3-2-10(17(19)20)6-11(12)15/h1-6,16,18H,7H2. The number of aromatic hydroxyl groups is 1. The van der Waals surface area contributed by atoms with Gasteiger partial charge in [-0.25, -0.2) is 0 Å². The first-order valence-electron chi connectivity index (χ1n) is 5.62. The van der Waals surface area contributed by atoms with Gasteiger partial charge in [-0.05, 0) is 40.2 Å². The summed E-state index contributed by atoms with van der Waals surface area (Å²) in [4.78, 5) is 10.2. The molecule has 0 amide bonds. The molecule has 0 unspecified atom stereocenters. The zero-order chi connectivity index (χ0) is 14.7. The lowest BCUT2D eigenvalue weighted by molar-refractivity contribution is -0.384. The minimum absolute atomic E-state index is 0.0210. The first-order chi connectivity index (χ1) is 9.47. The van der Waals surface area contributed by atoms with Gasteiger partial charge in [-0.3, -0.25) is 10.1 Å². The number of hydrogen-bond donors (Lipinski definition) is 2. The van der Waals surface area contributed by atoms with Crippen molar-refractivity contribution in [1.29, 1.82) is 0 Å². The van der Waals surface area contributed by atoms with Gasteiger partial charge in [0, 0.05) is 38.9 Å². The summed E-state index contributed by atoms with van der Waals surface area (Å²) in [6.07, 6.45) is 0. The molecule has 7 heteroatoms. The molecular formula is C13H10Br2N2O3. The number of hydrogen-bond acceptors (Lipinski definition) is 4. The zero-order valence-corrected chi connectivity index (χ0v) is 13.3. The molecule has 0 fully saturated rings. The van der Waals surface area contributed by atoms with E-state index in [4.69, 9.17) is 0 Å². The highest BCUT2D eigenvalue weighted by Gasteiger charge is 2.09. The SMILES string of the molecule is O=[N+]([O-])c1ccc(NCc2cc(Br)ccc2O)c(Br)c1. The number of phenolic OH excluding ortho intramolecular Hbond substituents is 1. The number of non-ortho nitro benzene ring substituents is 1. The predicted molar refractivity (Wildman–Crippen MR) is 83.9 cm³/mol. The average molecular weight is 402 g/mol. The minimum Gasteiger partial charge on any atom is -0.508 e. The van der Waals surface area contributed by atoms with E-state index in [9.17, 15) is 15.2 Å². The van der Waals surface area contributed by atoms with Gasteiger partial charge >= 0.3 is 0 Å². The fraction of sp³-hybridized carbons (Fsp3) is 0.0769. The van der Waals surface area contributed by atoms with Crippen LogP contribution in [0.25, 0.3) is 0 Å². The number of nitro groups is 1. The van der Waals surface area contributed by atoms with E-state index in [2.05, 4.69) is 37.2 Å². The summed E-state index contributed by atoms with van der Waals surface area (Å²) in [6.45, 7) is 0.404. The fourth-order valence-corrected chi connectivity index (χ4v) is 2.56. The van der Waals surface area contributed by atoms with E-state index in [1.807, 2.05) is 6.07 Å². The molecule has 104 valence electrons. The third kappa shape index (κ3) is 3.49. The maximum absolute atomic E-state index is 10.7. The Balaban J connectivity index is 2.15. The number of phenols is 1. The van der Waals surface area contributed by atoms with Crippen molar-refractivity contribution in [2.75, 3.05) is 5.32 Å². The Labute approximate surface area is 132 Å². The Morgan fingerprint density at radius 1 is 1.20 bits per heavy atom. The number of halogens is 2. The van der Waals surface area contributed by atoms with Crippen molar-refractivity contribution in [3.05, 3.63) is 61.0 Å². The molecule has 2 N–H and O–H groups in total. The van der Waals surface area contributed by atoms with Crippen molar-refractivity contribution in [2.45, 2.75) is 6.54 Å². The van der Waals surface area contributed by atoms with Gasteiger partial charge in [0.05, 0.1) is 4.92 Å². The first-order valence-corrected chi connectivity index (χ1v) is 7.21. The Bertz CT molecular complexity index is 662. The highest BCUT2D eigenvalue weighted by Crippen LogP contribution is 2.29. The van der Waals surface area contributed by atoms with Crippen LogP contribution in [-0.2, 0) is 6.54 Å². The molecule has 0 atom stereocenters. The number of nitrogens with zero attached hydrogens (tertiary/aromatic N) is 1. The van der Waals surface area contributed by atoms with Gasteiger partial charge in [0.15, 0.2) is 0 Å². The second-order valence-corrected chi connectivity index (χ2v) is 5.82. The lowest BCUT2D eigenvalue weighted by Gasteiger charge is -2.10. The topological polar surface area (TPSA) is 75.4 Å². The van der Waals surface area contributed by atoms with Crippen molar-refractivity contribution in [1.82, 2.24) is 0 Å². The van der Waals surface area contributed by atoms with Gasteiger partial charge in [-0.1, -0.05) is 15.9 Å². The molecule has 5 nitrogen and oxygen atoms in total. The molecule has 0 aliphatic heterocycles. The number of benzene rings is 2. The largest absolute Gasteiger partial charge is 0.508 e. The Hall–Kier alpha value is -1.60. The average Bonchev–Trinajstić information content (AvgIpc) is 2.40. The van der Waals surface area contributed by atoms with Crippen LogP contribution in [0.4, 0.5) is 11.4 Å². The van der Waals surface area contributed by atoms with Crippen LogP contribution < -0.4 is 5.32 Å². The Morgan fingerprint density at radius 2 is 1.95 bits per heavy atom. The molecule has 2 aromatic carbocycles. The molecule has 0 bridgehead atoms. The normalized spacial score (nSPS) is 10.3. The summed E-state index contributed by atoms with van der Waals surface area (Å²) in [5, 5.41) is 23.5. The lowest BCUT2D eigenvalue weighted by atomic mass is 10.2. The number of nitrogens with one attached hydrogen (secondary N) is 1. The number of anilines is 1. The summed E-state index contributed by atoms with van der Waals surface area (Å²) in [5.74, 6) is 0.193. The summed E-state index contributed by atoms with van der Waals surface area (Å²) >= 11 is 6.62. The third-order valence-corrected chi connectivity index (χ3v) is 3.82. The molecule has 0 aliphatic rings. The van der Waals surface area contributed by atoms with E-state index >= 15 is 0 Å². The van der Waals surface area contributed by atoms with Crippen molar-refractivity contribution in [3.63, 3.8) is 0 Å². The second kappa shape index (κ2) is 6.23. The molecule has 0 radical (unpaired) electrons. The summed E-state index contributed by atoms with van der Waals surface area (Å²) in [7, 11) is 0. The van der Waals surface area contributed by atoms with Gasteiger partial charge in [0.25, 0.3) is 5.69 Å². The molecule has 0 spiro atoms. The van der Waals surface area contributed by atoms with Crippen LogP contribution in [0.3, 0.4) is 0 Å². The van der Waals surface area contributed by atoms with Crippen LogP contribution in [0, 0.1) is 10.1 Å². The van der Waals surface area contributed by atoms with Crippen LogP contribution in [0.2, 0.25) is 0 Å². The van der Waals surface area contributed by atoms with Crippen molar-refractivity contribution in [2.24, 2.45) is 0 Å². The van der Waals surface area contributed by atoms with Crippen molar-refractivity contribution in [3.8, 4) is 5.75 Å². The summed E-state index contributed by atoms with van der Waals surface area (Å²) in [5.41, 5.74) is 1.47. The lowest BCUT2D eigenvalue weighted by Crippen LogP contribution is -2.01.